The van der Waals surface area contributed by atoms with Crippen LogP contribution in [-0.2, 0) is 4.79 Å². The molecule has 0 spiro atoms. The Balaban J connectivity index is 1.93. The number of aromatic hydroxyl groups is 1. The zero-order chi connectivity index (χ0) is 16.4. The number of hydrogen-bond acceptors (Lipinski definition) is 4. The van der Waals surface area contributed by atoms with Gasteiger partial charge in [0.15, 0.2) is 5.17 Å². The van der Waals surface area contributed by atoms with E-state index in [0.717, 1.165) is 5.56 Å². The summed E-state index contributed by atoms with van der Waals surface area (Å²) in [5.74, 6) is 0.0252. The maximum atomic E-state index is 12.3. The summed E-state index contributed by atoms with van der Waals surface area (Å²) in [5, 5.41) is 10.6. The van der Waals surface area contributed by atoms with Crippen molar-refractivity contribution in [3.8, 4) is 5.75 Å². The van der Waals surface area contributed by atoms with Crippen LogP contribution in [0.3, 0.4) is 0 Å². The molecule has 1 aliphatic rings. The van der Waals surface area contributed by atoms with Gasteiger partial charge in [-0.05, 0) is 47.7 Å². The molecular formula is C17H13ClN2O2S. The van der Waals surface area contributed by atoms with Gasteiger partial charge in [-0.2, -0.15) is 0 Å². The van der Waals surface area contributed by atoms with Crippen molar-refractivity contribution in [3.63, 3.8) is 0 Å². The molecule has 1 amide bonds. The van der Waals surface area contributed by atoms with E-state index < -0.39 is 0 Å². The maximum absolute atomic E-state index is 12.3. The van der Waals surface area contributed by atoms with Crippen LogP contribution in [0.1, 0.15) is 5.56 Å². The lowest BCUT2D eigenvalue weighted by Gasteiger charge is -2.07. The van der Waals surface area contributed by atoms with E-state index in [1.807, 2.05) is 18.2 Å². The number of aliphatic imine (C=N–C) groups is 1. The maximum Gasteiger partial charge on any atom is 0.266 e. The number of carbonyl (C=O) groups is 1. The Hall–Kier alpha value is -2.24. The second kappa shape index (κ2) is 6.48. The fourth-order valence-corrected chi connectivity index (χ4v) is 3.22. The zero-order valence-corrected chi connectivity index (χ0v) is 13.8. The molecule has 1 aliphatic heterocycles. The van der Waals surface area contributed by atoms with Crippen LogP contribution in [0.5, 0.6) is 5.75 Å². The van der Waals surface area contributed by atoms with Crippen LogP contribution < -0.4 is 0 Å². The minimum atomic E-state index is -0.135. The van der Waals surface area contributed by atoms with Crippen molar-refractivity contribution in [2.75, 3.05) is 7.05 Å². The van der Waals surface area contributed by atoms with Gasteiger partial charge in [0.05, 0.1) is 15.6 Å². The Morgan fingerprint density at radius 2 is 2.00 bits per heavy atom. The molecule has 1 saturated heterocycles. The third-order valence-electron chi connectivity index (χ3n) is 3.24. The summed E-state index contributed by atoms with van der Waals surface area (Å²) in [4.78, 5) is 18.8. The van der Waals surface area contributed by atoms with Gasteiger partial charge in [0.25, 0.3) is 5.91 Å². The minimum absolute atomic E-state index is 0.135. The molecule has 0 saturated carbocycles. The Morgan fingerprint density at radius 3 is 2.74 bits per heavy atom. The molecule has 6 heteroatoms. The summed E-state index contributed by atoms with van der Waals surface area (Å²) in [6, 6.07) is 14.0. The molecular weight excluding hydrogens is 332 g/mol. The van der Waals surface area contributed by atoms with E-state index in [9.17, 15) is 9.90 Å². The van der Waals surface area contributed by atoms with Gasteiger partial charge in [-0.3, -0.25) is 9.69 Å². The predicted molar refractivity (Wildman–Crippen MR) is 95.0 cm³/mol. The molecule has 0 bridgehead atoms. The topological polar surface area (TPSA) is 52.9 Å². The van der Waals surface area contributed by atoms with Gasteiger partial charge >= 0.3 is 0 Å². The Morgan fingerprint density at radius 1 is 1.22 bits per heavy atom. The normalized spacial score (nSPS) is 18.2. The highest BCUT2D eigenvalue weighted by molar-refractivity contribution is 8.18. The van der Waals surface area contributed by atoms with Crippen LogP contribution in [0.15, 0.2) is 58.4 Å². The lowest BCUT2D eigenvalue weighted by molar-refractivity contribution is -0.121. The van der Waals surface area contributed by atoms with Crippen molar-refractivity contribution in [3.05, 3.63) is 64.0 Å². The number of thioether (sulfide) groups is 1. The lowest BCUT2D eigenvalue weighted by Crippen LogP contribution is -2.23. The van der Waals surface area contributed by atoms with Crippen LogP contribution in [0.4, 0.5) is 5.69 Å². The number of phenolic OH excluding ortho intramolecular Hbond substituents is 1. The van der Waals surface area contributed by atoms with Gasteiger partial charge in [0.2, 0.25) is 0 Å². The van der Waals surface area contributed by atoms with Crippen LogP contribution >= 0.6 is 23.4 Å². The van der Waals surface area contributed by atoms with Crippen LogP contribution in [0, 0.1) is 0 Å². The number of para-hydroxylation sites is 1. The van der Waals surface area contributed by atoms with E-state index >= 15 is 0 Å². The summed E-state index contributed by atoms with van der Waals surface area (Å²) in [6.07, 6.45) is 1.73. The van der Waals surface area contributed by atoms with Crippen molar-refractivity contribution in [1.82, 2.24) is 4.90 Å². The van der Waals surface area contributed by atoms with Crippen molar-refractivity contribution in [2.45, 2.75) is 0 Å². The molecule has 4 nitrogen and oxygen atoms in total. The third-order valence-corrected chi connectivity index (χ3v) is 4.62. The summed E-state index contributed by atoms with van der Waals surface area (Å²) in [5.41, 5.74) is 1.38. The predicted octanol–water partition coefficient (Wildman–Crippen LogP) is 4.28. The number of nitrogens with zero attached hydrogens (tertiary/aromatic N) is 2. The van der Waals surface area contributed by atoms with E-state index in [0.29, 0.717) is 20.8 Å². The smallest absolute Gasteiger partial charge is 0.266 e. The molecule has 1 fully saturated rings. The first-order valence-corrected chi connectivity index (χ1v) is 8.04. The number of rotatable bonds is 2. The van der Waals surface area contributed by atoms with Crippen molar-refractivity contribution in [1.29, 1.82) is 0 Å². The monoisotopic (exact) mass is 344 g/mol. The quantitative estimate of drug-likeness (QED) is 0.827. The van der Waals surface area contributed by atoms with Gasteiger partial charge in [-0.1, -0.05) is 35.9 Å². The molecule has 0 radical (unpaired) electrons. The fraction of sp³-hybridized carbons (Fsp3) is 0.0588. The SMILES string of the molecule is CN1C(=O)/C(=C\c2cccc(O)c2)SC1=Nc1ccccc1Cl. The molecule has 0 unspecified atom stereocenters. The van der Waals surface area contributed by atoms with Crippen molar-refractivity contribution < 1.29 is 9.90 Å². The van der Waals surface area contributed by atoms with E-state index in [2.05, 4.69) is 4.99 Å². The van der Waals surface area contributed by atoms with Gasteiger partial charge in [0.1, 0.15) is 5.75 Å². The number of carbonyl (C=O) groups excluding carboxylic acids is 1. The molecule has 2 aromatic rings. The average Bonchev–Trinajstić information content (AvgIpc) is 2.78. The largest absolute Gasteiger partial charge is 0.508 e. The standard InChI is InChI=1S/C17H13ClN2O2S/c1-20-16(22)15(10-11-5-4-6-12(21)9-11)23-17(20)19-14-8-3-2-7-13(14)18/h2-10,21H,1H3/b15-10+,19-17?. The van der Waals surface area contributed by atoms with Gasteiger partial charge < -0.3 is 5.11 Å². The molecule has 2 aromatic carbocycles. The number of phenols is 1. The summed E-state index contributed by atoms with van der Waals surface area (Å²) in [6.45, 7) is 0. The van der Waals surface area contributed by atoms with Gasteiger partial charge in [0, 0.05) is 7.05 Å². The highest BCUT2D eigenvalue weighted by atomic mass is 35.5. The first-order valence-electron chi connectivity index (χ1n) is 6.84. The minimum Gasteiger partial charge on any atom is -0.508 e. The lowest BCUT2D eigenvalue weighted by atomic mass is 10.2. The number of amides is 1. The molecule has 0 aromatic heterocycles. The average molecular weight is 345 g/mol. The third kappa shape index (κ3) is 3.41. The number of benzene rings is 2. The Bertz CT molecular complexity index is 833. The van der Waals surface area contributed by atoms with E-state index in [1.165, 1.54) is 16.7 Å². The first kappa shape index (κ1) is 15.6. The number of amidine groups is 1. The number of halogens is 1. The molecule has 0 aliphatic carbocycles. The molecule has 116 valence electrons. The summed E-state index contributed by atoms with van der Waals surface area (Å²) >= 11 is 7.39. The number of likely N-dealkylation sites (N-methyl/N-ethyl adjacent to an activating group) is 1. The molecule has 23 heavy (non-hydrogen) atoms. The van der Waals surface area contributed by atoms with Crippen LogP contribution in [0.25, 0.3) is 6.08 Å². The van der Waals surface area contributed by atoms with Gasteiger partial charge in [-0.25, -0.2) is 4.99 Å². The second-order valence-electron chi connectivity index (χ2n) is 4.92. The molecule has 1 heterocycles. The highest BCUT2D eigenvalue weighted by Crippen LogP contribution is 2.34. The van der Waals surface area contributed by atoms with Crippen molar-refractivity contribution >= 4 is 46.2 Å². The van der Waals surface area contributed by atoms with Crippen LogP contribution in [0.2, 0.25) is 5.02 Å². The van der Waals surface area contributed by atoms with Crippen molar-refractivity contribution in [2.24, 2.45) is 4.99 Å². The second-order valence-corrected chi connectivity index (χ2v) is 6.33. The summed E-state index contributed by atoms with van der Waals surface area (Å²) in [7, 11) is 1.67. The molecule has 0 atom stereocenters. The van der Waals surface area contributed by atoms with E-state index in [1.54, 1.807) is 43.5 Å². The van der Waals surface area contributed by atoms with E-state index in [4.69, 9.17) is 11.6 Å². The number of hydrogen-bond donors (Lipinski definition) is 1. The molecule has 1 N–H and O–H groups in total. The first-order chi connectivity index (χ1) is 11.0. The Kier molecular flexibility index (Phi) is 4.41. The fourth-order valence-electron chi connectivity index (χ4n) is 2.06. The van der Waals surface area contributed by atoms with Crippen LogP contribution in [-0.4, -0.2) is 28.1 Å². The van der Waals surface area contributed by atoms with Gasteiger partial charge in [-0.15, -0.1) is 0 Å². The summed E-state index contributed by atoms with van der Waals surface area (Å²) < 4.78 is 0. The molecule has 3 rings (SSSR count). The zero-order valence-electron chi connectivity index (χ0n) is 12.2. The van der Waals surface area contributed by atoms with E-state index in [-0.39, 0.29) is 11.7 Å². The highest BCUT2D eigenvalue weighted by Gasteiger charge is 2.30. The Labute approximate surface area is 143 Å².